The number of aliphatic carboxylic acids is 1. The predicted octanol–water partition coefficient (Wildman–Crippen LogP) is 1.51. The Hall–Kier alpha value is -1.10. The van der Waals surface area contributed by atoms with Crippen LogP contribution in [0.15, 0.2) is 0 Å². The number of hydrogen-bond donors (Lipinski definition) is 1. The van der Waals surface area contributed by atoms with E-state index >= 15 is 0 Å². The molecule has 0 radical (unpaired) electrons. The monoisotopic (exact) mass is 257 g/mol. The summed E-state index contributed by atoms with van der Waals surface area (Å²) < 4.78 is 5.13. The molecule has 104 valence electrons. The topological polar surface area (TPSA) is 66.8 Å². The van der Waals surface area contributed by atoms with Crippen molar-refractivity contribution in [3.8, 4) is 0 Å². The van der Waals surface area contributed by atoms with Crippen LogP contribution in [-0.4, -0.2) is 47.7 Å². The maximum absolute atomic E-state index is 12.3. The van der Waals surface area contributed by atoms with Crippen LogP contribution in [0.25, 0.3) is 0 Å². The molecule has 0 aromatic heterocycles. The third-order valence-corrected chi connectivity index (χ3v) is 3.28. The van der Waals surface area contributed by atoms with E-state index in [9.17, 15) is 9.59 Å². The molecule has 1 atom stereocenters. The first-order valence-corrected chi connectivity index (χ1v) is 6.73. The highest BCUT2D eigenvalue weighted by Gasteiger charge is 2.31. The van der Waals surface area contributed by atoms with E-state index in [0.717, 1.165) is 25.7 Å². The fourth-order valence-electron chi connectivity index (χ4n) is 2.35. The highest BCUT2D eigenvalue weighted by Crippen LogP contribution is 2.18. The third kappa shape index (κ3) is 3.98. The van der Waals surface area contributed by atoms with E-state index < -0.39 is 12.1 Å². The van der Waals surface area contributed by atoms with Crippen LogP contribution in [0.5, 0.6) is 0 Å². The van der Waals surface area contributed by atoms with Crippen LogP contribution in [0, 0.1) is 5.92 Å². The molecule has 5 heteroatoms. The first kappa shape index (κ1) is 15.0. The lowest BCUT2D eigenvalue weighted by molar-refractivity contribution is -0.160. The Labute approximate surface area is 108 Å². The fourth-order valence-corrected chi connectivity index (χ4v) is 2.35. The van der Waals surface area contributed by atoms with Crippen LogP contribution in [0.1, 0.15) is 39.5 Å². The third-order valence-electron chi connectivity index (χ3n) is 3.28. The summed E-state index contributed by atoms with van der Waals surface area (Å²) in [5.74, 6) is -0.865. The Bertz CT molecular complexity index is 287. The van der Waals surface area contributed by atoms with Crippen LogP contribution < -0.4 is 0 Å². The van der Waals surface area contributed by atoms with Gasteiger partial charge in [0.2, 0.25) is 5.91 Å². The lowest BCUT2D eigenvalue weighted by Crippen LogP contribution is -2.50. The van der Waals surface area contributed by atoms with Crippen LogP contribution >= 0.6 is 0 Å². The summed E-state index contributed by atoms with van der Waals surface area (Å²) in [5.41, 5.74) is 0. The molecule has 0 aromatic carbocycles. The molecule has 1 N–H and O–H groups in total. The second-order valence-electron chi connectivity index (χ2n) is 4.76. The SMILES string of the molecule is CCCC(CCC)C(=O)N1CCO[C@@H](C(=O)O)C1. The van der Waals surface area contributed by atoms with Gasteiger partial charge < -0.3 is 14.7 Å². The van der Waals surface area contributed by atoms with E-state index in [0.29, 0.717) is 13.2 Å². The van der Waals surface area contributed by atoms with Gasteiger partial charge in [-0.1, -0.05) is 26.7 Å². The van der Waals surface area contributed by atoms with E-state index in [1.807, 2.05) is 0 Å². The number of rotatable bonds is 6. The highest BCUT2D eigenvalue weighted by atomic mass is 16.5. The molecule has 1 aliphatic heterocycles. The number of morpholine rings is 1. The van der Waals surface area contributed by atoms with Crippen molar-refractivity contribution in [1.29, 1.82) is 0 Å². The van der Waals surface area contributed by atoms with Gasteiger partial charge >= 0.3 is 5.97 Å². The van der Waals surface area contributed by atoms with Crippen LogP contribution in [0.3, 0.4) is 0 Å². The largest absolute Gasteiger partial charge is 0.479 e. The number of amides is 1. The van der Waals surface area contributed by atoms with Crippen molar-refractivity contribution in [3.63, 3.8) is 0 Å². The van der Waals surface area contributed by atoms with Gasteiger partial charge in [0.25, 0.3) is 0 Å². The Morgan fingerprint density at radius 3 is 2.44 bits per heavy atom. The predicted molar refractivity (Wildman–Crippen MR) is 67.3 cm³/mol. The maximum Gasteiger partial charge on any atom is 0.334 e. The zero-order chi connectivity index (χ0) is 13.5. The van der Waals surface area contributed by atoms with Crippen molar-refractivity contribution in [2.75, 3.05) is 19.7 Å². The number of ether oxygens (including phenoxy) is 1. The molecule has 0 unspecified atom stereocenters. The maximum atomic E-state index is 12.3. The molecule has 0 saturated carbocycles. The number of carbonyl (C=O) groups is 2. The smallest absolute Gasteiger partial charge is 0.334 e. The summed E-state index contributed by atoms with van der Waals surface area (Å²) in [6, 6.07) is 0. The highest BCUT2D eigenvalue weighted by molar-refractivity contribution is 5.80. The fraction of sp³-hybridized carbons (Fsp3) is 0.846. The summed E-state index contributed by atoms with van der Waals surface area (Å²) in [7, 11) is 0. The molecule has 5 nitrogen and oxygen atoms in total. The average molecular weight is 257 g/mol. The van der Waals surface area contributed by atoms with Crippen molar-refractivity contribution in [3.05, 3.63) is 0 Å². The molecule has 0 bridgehead atoms. The van der Waals surface area contributed by atoms with Gasteiger partial charge in [0, 0.05) is 12.5 Å². The van der Waals surface area contributed by atoms with Crippen LogP contribution in [0.2, 0.25) is 0 Å². The molecule has 1 amide bonds. The Morgan fingerprint density at radius 2 is 1.94 bits per heavy atom. The summed E-state index contributed by atoms with van der Waals surface area (Å²) >= 11 is 0. The minimum Gasteiger partial charge on any atom is -0.479 e. The summed E-state index contributed by atoms with van der Waals surface area (Å²) in [4.78, 5) is 24.9. The molecule has 18 heavy (non-hydrogen) atoms. The second-order valence-corrected chi connectivity index (χ2v) is 4.76. The zero-order valence-corrected chi connectivity index (χ0v) is 11.2. The summed E-state index contributed by atoms with van der Waals surface area (Å²) in [5, 5.41) is 8.92. The Kier molecular flexibility index (Phi) is 6.12. The molecule has 0 aromatic rings. The second kappa shape index (κ2) is 7.36. The molecule has 1 fully saturated rings. The van der Waals surface area contributed by atoms with Gasteiger partial charge in [-0.3, -0.25) is 4.79 Å². The van der Waals surface area contributed by atoms with E-state index in [2.05, 4.69) is 13.8 Å². The average Bonchev–Trinajstić information content (AvgIpc) is 2.38. The van der Waals surface area contributed by atoms with Gasteiger partial charge in [-0.15, -0.1) is 0 Å². The lowest BCUT2D eigenvalue weighted by Gasteiger charge is -2.33. The van der Waals surface area contributed by atoms with Gasteiger partial charge in [0.1, 0.15) is 0 Å². The van der Waals surface area contributed by atoms with Crippen molar-refractivity contribution < 1.29 is 19.4 Å². The number of nitrogens with zero attached hydrogens (tertiary/aromatic N) is 1. The standard InChI is InChI=1S/C13H23NO4/c1-3-5-10(6-4-2)12(15)14-7-8-18-11(9-14)13(16)17/h10-11H,3-9H2,1-2H3,(H,16,17)/t11-/m1/s1. The molecular formula is C13H23NO4. The van der Waals surface area contributed by atoms with Gasteiger partial charge in [0.05, 0.1) is 13.2 Å². The van der Waals surface area contributed by atoms with Crippen molar-refractivity contribution in [2.45, 2.75) is 45.6 Å². The van der Waals surface area contributed by atoms with Gasteiger partial charge in [-0.2, -0.15) is 0 Å². The minimum absolute atomic E-state index is 0.0348. The van der Waals surface area contributed by atoms with Gasteiger partial charge in [0.15, 0.2) is 6.10 Å². The van der Waals surface area contributed by atoms with Crippen molar-refractivity contribution in [1.82, 2.24) is 4.90 Å². The molecule has 1 rings (SSSR count). The quantitative estimate of drug-likeness (QED) is 0.783. The molecule has 0 spiro atoms. The van der Waals surface area contributed by atoms with E-state index in [1.54, 1.807) is 4.90 Å². The van der Waals surface area contributed by atoms with E-state index in [-0.39, 0.29) is 18.4 Å². The first-order chi connectivity index (χ1) is 8.60. The Morgan fingerprint density at radius 1 is 1.33 bits per heavy atom. The van der Waals surface area contributed by atoms with Crippen molar-refractivity contribution in [2.24, 2.45) is 5.92 Å². The zero-order valence-electron chi connectivity index (χ0n) is 11.2. The molecule has 1 saturated heterocycles. The van der Waals surface area contributed by atoms with Crippen molar-refractivity contribution >= 4 is 11.9 Å². The number of carboxylic acid groups (broad SMARTS) is 1. The minimum atomic E-state index is -0.991. The van der Waals surface area contributed by atoms with Crippen LogP contribution in [-0.2, 0) is 14.3 Å². The van der Waals surface area contributed by atoms with Crippen LogP contribution in [0.4, 0.5) is 0 Å². The van der Waals surface area contributed by atoms with E-state index in [4.69, 9.17) is 9.84 Å². The summed E-state index contributed by atoms with van der Waals surface area (Å²) in [6.45, 7) is 5.13. The normalized spacial score (nSPS) is 20.2. The molecule has 0 aliphatic carbocycles. The Balaban J connectivity index is 2.60. The van der Waals surface area contributed by atoms with Gasteiger partial charge in [-0.25, -0.2) is 4.79 Å². The number of hydrogen-bond acceptors (Lipinski definition) is 3. The molecule has 1 heterocycles. The van der Waals surface area contributed by atoms with E-state index in [1.165, 1.54) is 0 Å². The first-order valence-electron chi connectivity index (χ1n) is 6.73. The summed E-state index contributed by atoms with van der Waals surface area (Å²) in [6.07, 6.45) is 2.84. The molecule has 1 aliphatic rings. The number of carboxylic acids is 1. The lowest BCUT2D eigenvalue weighted by atomic mass is 9.96. The number of carbonyl (C=O) groups excluding carboxylic acids is 1. The molecular weight excluding hydrogens is 234 g/mol. The van der Waals surface area contributed by atoms with Gasteiger partial charge in [-0.05, 0) is 12.8 Å².